The molecule has 0 aliphatic carbocycles. The van der Waals surface area contributed by atoms with E-state index in [1.807, 2.05) is 0 Å². The van der Waals surface area contributed by atoms with Crippen LogP contribution >= 0.6 is 15.9 Å². The van der Waals surface area contributed by atoms with Gasteiger partial charge in [0.1, 0.15) is 0 Å². The molecule has 1 heterocycles. The first-order valence-corrected chi connectivity index (χ1v) is 5.99. The molecule has 1 aromatic heterocycles. The Labute approximate surface area is 117 Å². The SMILES string of the molecule is N#CCc1cc(OC(F)(F)F)nc(C(F)(F)F)c1CBr. The summed E-state index contributed by atoms with van der Waals surface area (Å²) >= 11 is 2.80. The minimum atomic E-state index is -5.17. The number of nitriles is 1. The van der Waals surface area contributed by atoms with Gasteiger partial charge in [0.25, 0.3) is 0 Å². The third kappa shape index (κ3) is 4.26. The molecule has 0 saturated heterocycles. The molecule has 1 aromatic rings. The van der Waals surface area contributed by atoms with Crippen LogP contribution < -0.4 is 4.74 Å². The zero-order valence-electron chi connectivity index (χ0n) is 9.44. The highest BCUT2D eigenvalue weighted by atomic mass is 79.9. The molecule has 10 heteroatoms. The Morgan fingerprint density at radius 2 is 1.85 bits per heavy atom. The van der Waals surface area contributed by atoms with Crippen LogP contribution in [0.4, 0.5) is 26.3 Å². The van der Waals surface area contributed by atoms with E-state index in [1.54, 1.807) is 6.07 Å². The normalized spacial score (nSPS) is 12.1. The lowest BCUT2D eigenvalue weighted by atomic mass is 10.1. The molecule has 0 bridgehead atoms. The lowest BCUT2D eigenvalue weighted by molar-refractivity contribution is -0.276. The van der Waals surface area contributed by atoms with Gasteiger partial charge < -0.3 is 4.74 Å². The number of ether oxygens (including phenoxy) is 1. The van der Waals surface area contributed by atoms with E-state index in [1.165, 1.54) is 0 Å². The molecular formula is C10H5BrF6N2O. The van der Waals surface area contributed by atoms with E-state index >= 15 is 0 Å². The summed E-state index contributed by atoms with van der Waals surface area (Å²) in [5.41, 5.74) is -2.14. The molecule has 0 aliphatic heterocycles. The topological polar surface area (TPSA) is 45.9 Å². The largest absolute Gasteiger partial charge is 0.574 e. The minimum Gasteiger partial charge on any atom is -0.388 e. The van der Waals surface area contributed by atoms with Crippen LogP contribution in [0.3, 0.4) is 0 Å². The Bertz CT molecular complexity index is 534. The molecular weight excluding hydrogens is 358 g/mol. The van der Waals surface area contributed by atoms with E-state index in [9.17, 15) is 26.3 Å². The maximum Gasteiger partial charge on any atom is 0.574 e. The monoisotopic (exact) mass is 362 g/mol. The van der Waals surface area contributed by atoms with Gasteiger partial charge >= 0.3 is 12.5 Å². The molecule has 1 rings (SSSR count). The summed E-state index contributed by atoms with van der Waals surface area (Å²) in [6.45, 7) is 0. The third-order valence-electron chi connectivity index (χ3n) is 2.09. The summed E-state index contributed by atoms with van der Waals surface area (Å²) in [5, 5.41) is 8.22. The van der Waals surface area contributed by atoms with Gasteiger partial charge in [0.05, 0.1) is 12.5 Å². The summed E-state index contributed by atoms with van der Waals surface area (Å²) in [7, 11) is 0. The van der Waals surface area contributed by atoms with E-state index in [2.05, 4.69) is 25.7 Å². The number of halogens is 7. The maximum absolute atomic E-state index is 12.8. The molecule has 20 heavy (non-hydrogen) atoms. The summed E-state index contributed by atoms with van der Waals surface area (Å²) < 4.78 is 77.8. The van der Waals surface area contributed by atoms with E-state index in [-0.39, 0.29) is 10.9 Å². The van der Waals surface area contributed by atoms with Gasteiger partial charge in [-0.15, -0.1) is 13.2 Å². The van der Waals surface area contributed by atoms with E-state index in [4.69, 9.17) is 5.26 Å². The second-order valence-electron chi connectivity index (χ2n) is 3.46. The van der Waals surface area contributed by atoms with E-state index in [0.29, 0.717) is 6.07 Å². The van der Waals surface area contributed by atoms with Crippen LogP contribution in [0.15, 0.2) is 6.07 Å². The first-order chi connectivity index (χ1) is 9.08. The van der Waals surface area contributed by atoms with E-state index < -0.39 is 36.1 Å². The van der Waals surface area contributed by atoms with Crippen molar-refractivity contribution in [2.75, 3.05) is 0 Å². The van der Waals surface area contributed by atoms with Crippen LogP contribution in [0.1, 0.15) is 16.8 Å². The average Bonchev–Trinajstić information content (AvgIpc) is 2.25. The maximum atomic E-state index is 12.8. The van der Waals surface area contributed by atoms with E-state index in [0.717, 1.165) is 0 Å². The first kappa shape index (κ1) is 16.6. The van der Waals surface area contributed by atoms with Crippen LogP contribution in [-0.2, 0) is 17.9 Å². The molecule has 0 spiro atoms. The average molecular weight is 363 g/mol. The first-order valence-electron chi connectivity index (χ1n) is 4.87. The molecule has 0 unspecified atom stereocenters. The standard InChI is InChI=1S/C10H5BrF6N2O/c11-4-6-5(1-2-18)3-7(20-10(15,16)17)19-8(6)9(12,13)14/h3H,1,4H2. The molecule has 0 atom stereocenters. The smallest absolute Gasteiger partial charge is 0.388 e. The number of rotatable bonds is 3. The Morgan fingerprint density at radius 3 is 2.25 bits per heavy atom. The van der Waals surface area contributed by atoms with Gasteiger partial charge in [0, 0.05) is 11.4 Å². The number of pyridine rings is 1. The third-order valence-corrected chi connectivity index (χ3v) is 2.65. The summed E-state index contributed by atoms with van der Waals surface area (Å²) in [4.78, 5) is 2.84. The highest BCUT2D eigenvalue weighted by Gasteiger charge is 2.38. The van der Waals surface area contributed by atoms with Crippen LogP contribution in [0.5, 0.6) is 5.88 Å². The second kappa shape index (κ2) is 5.87. The van der Waals surface area contributed by atoms with Gasteiger partial charge in [-0.25, -0.2) is 4.98 Å². The lowest BCUT2D eigenvalue weighted by Crippen LogP contribution is -2.21. The van der Waals surface area contributed by atoms with Crippen molar-refractivity contribution in [2.24, 2.45) is 0 Å². The van der Waals surface area contributed by atoms with Crippen molar-refractivity contribution < 1.29 is 31.1 Å². The molecule has 0 radical (unpaired) electrons. The van der Waals surface area contributed by atoms with Crippen molar-refractivity contribution in [3.8, 4) is 11.9 Å². The van der Waals surface area contributed by atoms with Crippen molar-refractivity contribution in [3.63, 3.8) is 0 Å². The molecule has 0 saturated carbocycles. The highest BCUT2D eigenvalue weighted by Crippen LogP contribution is 2.36. The van der Waals surface area contributed by atoms with Crippen LogP contribution in [0.2, 0.25) is 0 Å². The fraction of sp³-hybridized carbons (Fsp3) is 0.400. The predicted octanol–water partition coefficient (Wildman–Crippen LogP) is 3.96. The second-order valence-corrected chi connectivity index (χ2v) is 4.02. The number of hydrogen-bond acceptors (Lipinski definition) is 3. The number of nitrogens with zero attached hydrogens (tertiary/aromatic N) is 2. The number of aromatic nitrogens is 1. The zero-order chi connectivity index (χ0) is 15.6. The van der Waals surface area contributed by atoms with Crippen LogP contribution in [0.25, 0.3) is 0 Å². The quantitative estimate of drug-likeness (QED) is 0.603. The Morgan fingerprint density at radius 1 is 1.25 bits per heavy atom. The van der Waals surface area contributed by atoms with Gasteiger partial charge in [-0.1, -0.05) is 15.9 Å². The Balaban J connectivity index is 3.44. The van der Waals surface area contributed by atoms with Crippen LogP contribution in [-0.4, -0.2) is 11.3 Å². The Kier molecular flexibility index (Phi) is 4.86. The minimum absolute atomic E-state index is 0.231. The van der Waals surface area contributed by atoms with Crippen molar-refractivity contribution in [3.05, 3.63) is 22.9 Å². The molecule has 0 N–H and O–H groups in total. The molecule has 0 fully saturated rings. The highest BCUT2D eigenvalue weighted by molar-refractivity contribution is 9.08. The van der Waals surface area contributed by atoms with Crippen molar-refractivity contribution >= 4 is 15.9 Å². The summed E-state index contributed by atoms with van der Waals surface area (Å²) in [6, 6.07) is 2.24. The summed E-state index contributed by atoms with van der Waals surface area (Å²) in [5.74, 6) is -1.25. The van der Waals surface area contributed by atoms with Crippen molar-refractivity contribution in [1.82, 2.24) is 4.98 Å². The van der Waals surface area contributed by atoms with Gasteiger partial charge in [-0.05, 0) is 11.1 Å². The fourth-order valence-corrected chi connectivity index (χ4v) is 2.02. The van der Waals surface area contributed by atoms with Gasteiger partial charge in [0.15, 0.2) is 5.69 Å². The van der Waals surface area contributed by atoms with Crippen molar-refractivity contribution in [1.29, 1.82) is 5.26 Å². The molecule has 0 aliphatic rings. The molecule has 110 valence electrons. The predicted molar refractivity (Wildman–Crippen MR) is 57.9 cm³/mol. The molecule has 0 aromatic carbocycles. The number of alkyl halides is 7. The Hall–Kier alpha value is -1.50. The number of hydrogen-bond donors (Lipinski definition) is 0. The summed E-state index contributed by atoms with van der Waals surface area (Å²) in [6.07, 6.45) is -10.6. The molecule has 0 amide bonds. The lowest BCUT2D eigenvalue weighted by Gasteiger charge is -2.16. The molecule has 3 nitrogen and oxygen atoms in total. The fourth-order valence-electron chi connectivity index (χ4n) is 1.40. The van der Waals surface area contributed by atoms with Crippen molar-refractivity contribution in [2.45, 2.75) is 24.3 Å². The van der Waals surface area contributed by atoms with Gasteiger partial charge in [-0.2, -0.15) is 18.4 Å². The zero-order valence-corrected chi connectivity index (χ0v) is 11.0. The van der Waals surface area contributed by atoms with Gasteiger partial charge in [0.2, 0.25) is 5.88 Å². The van der Waals surface area contributed by atoms with Gasteiger partial charge in [-0.3, -0.25) is 0 Å². The van der Waals surface area contributed by atoms with Crippen LogP contribution in [0, 0.1) is 11.3 Å².